The number of hydrogen-bond donors (Lipinski definition) is 2. The molecule has 1 aliphatic heterocycles. The molecule has 92 valence electrons. The van der Waals surface area contributed by atoms with E-state index in [4.69, 9.17) is 0 Å². The van der Waals surface area contributed by atoms with E-state index in [1.54, 1.807) is 14.1 Å². The number of nitrogens with one attached hydrogen (secondary N) is 2. The molecule has 2 N–H and O–H groups in total. The summed E-state index contributed by atoms with van der Waals surface area (Å²) in [6, 6.07) is 0. The zero-order valence-electron chi connectivity index (χ0n) is 10.1. The number of likely N-dealkylation sites (N-methyl/N-ethyl adjacent to an activating group) is 1. The van der Waals surface area contributed by atoms with Crippen molar-refractivity contribution < 1.29 is 9.59 Å². The lowest BCUT2D eigenvalue weighted by Crippen LogP contribution is -2.38. The highest BCUT2D eigenvalue weighted by molar-refractivity contribution is 5.84. The summed E-state index contributed by atoms with van der Waals surface area (Å²) in [5, 5.41) is 5.92. The van der Waals surface area contributed by atoms with Gasteiger partial charge in [-0.05, 0) is 31.8 Å². The van der Waals surface area contributed by atoms with Crippen molar-refractivity contribution in [1.82, 2.24) is 15.5 Å². The van der Waals surface area contributed by atoms with Crippen LogP contribution in [0.5, 0.6) is 0 Å². The highest BCUT2D eigenvalue weighted by Crippen LogP contribution is 2.15. The van der Waals surface area contributed by atoms with Crippen molar-refractivity contribution in [1.29, 1.82) is 0 Å². The second-order valence-electron chi connectivity index (χ2n) is 4.46. The molecule has 0 aromatic rings. The van der Waals surface area contributed by atoms with Gasteiger partial charge in [-0.3, -0.25) is 9.59 Å². The van der Waals surface area contributed by atoms with Crippen LogP contribution in [0.2, 0.25) is 0 Å². The van der Waals surface area contributed by atoms with Gasteiger partial charge in [-0.25, -0.2) is 0 Å². The van der Waals surface area contributed by atoms with Gasteiger partial charge in [0.05, 0.1) is 6.54 Å². The van der Waals surface area contributed by atoms with Crippen LogP contribution in [0.25, 0.3) is 0 Å². The first kappa shape index (κ1) is 13.0. The van der Waals surface area contributed by atoms with Crippen molar-refractivity contribution in [2.75, 3.05) is 33.7 Å². The van der Waals surface area contributed by atoms with E-state index in [-0.39, 0.29) is 18.4 Å². The third-order valence-corrected chi connectivity index (χ3v) is 2.87. The second-order valence-corrected chi connectivity index (χ2v) is 4.46. The number of piperidine rings is 1. The molecule has 0 atom stereocenters. The highest BCUT2D eigenvalue weighted by atomic mass is 16.2. The van der Waals surface area contributed by atoms with Crippen LogP contribution in [0.15, 0.2) is 0 Å². The summed E-state index contributed by atoms with van der Waals surface area (Å²) < 4.78 is 0. The fourth-order valence-electron chi connectivity index (χ4n) is 1.75. The zero-order chi connectivity index (χ0) is 12.0. The van der Waals surface area contributed by atoms with Crippen LogP contribution >= 0.6 is 0 Å². The fraction of sp³-hybridized carbons (Fsp3) is 0.818. The van der Waals surface area contributed by atoms with Crippen molar-refractivity contribution in [2.24, 2.45) is 5.92 Å². The van der Waals surface area contributed by atoms with E-state index in [1.165, 1.54) is 4.90 Å². The lowest BCUT2D eigenvalue weighted by Gasteiger charge is -2.22. The van der Waals surface area contributed by atoms with Crippen LogP contribution in [0, 0.1) is 5.92 Å². The molecule has 0 aromatic carbocycles. The molecule has 1 aliphatic rings. The fourth-order valence-corrected chi connectivity index (χ4v) is 1.75. The maximum atomic E-state index is 11.5. The molecule has 0 saturated carbocycles. The van der Waals surface area contributed by atoms with E-state index in [1.807, 2.05) is 0 Å². The molecule has 1 heterocycles. The molecule has 1 fully saturated rings. The average molecular weight is 227 g/mol. The Bertz CT molecular complexity index is 248. The molecule has 0 spiro atoms. The van der Waals surface area contributed by atoms with Crippen LogP contribution in [-0.4, -0.2) is 50.4 Å². The summed E-state index contributed by atoms with van der Waals surface area (Å²) >= 11 is 0. The maximum Gasteiger partial charge on any atom is 0.241 e. The largest absolute Gasteiger partial charge is 0.347 e. The molecule has 16 heavy (non-hydrogen) atoms. The van der Waals surface area contributed by atoms with Gasteiger partial charge in [-0.2, -0.15) is 0 Å². The van der Waals surface area contributed by atoms with Crippen LogP contribution in [0.3, 0.4) is 0 Å². The Kier molecular flexibility index (Phi) is 5.25. The van der Waals surface area contributed by atoms with E-state index in [0.717, 1.165) is 25.9 Å². The van der Waals surface area contributed by atoms with Crippen molar-refractivity contribution in [3.05, 3.63) is 0 Å². The van der Waals surface area contributed by atoms with Crippen molar-refractivity contribution in [3.63, 3.8) is 0 Å². The van der Waals surface area contributed by atoms with Gasteiger partial charge >= 0.3 is 0 Å². The Morgan fingerprint density at radius 3 is 2.50 bits per heavy atom. The van der Waals surface area contributed by atoms with Gasteiger partial charge in [-0.1, -0.05) is 0 Å². The molecular weight excluding hydrogens is 206 g/mol. The van der Waals surface area contributed by atoms with Crippen molar-refractivity contribution in [2.45, 2.75) is 19.3 Å². The number of rotatable bonds is 4. The maximum absolute atomic E-state index is 11.5. The van der Waals surface area contributed by atoms with Gasteiger partial charge in [-0.15, -0.1) is 0 Å². The minimum atomic E-state index is -0.0707. The average Bonchev–Trinajstić information content (AvgIpc) is 2.27. The van der Waals surface area contributed by atoms with Crippen molar-refractivity contribution >= 4 is 11.8 Å². The van der Waals surface area contributed by atoms with Gasteiger partial charge in [0.25, 0.3) is 0 Å². The molecule has 0 aromatic heterocycles. The first-order valence-electron chi connectivity index (χ1n) is 5.77. The summed E-state index contributed by atoms with van der Waals surface area (Å²) in [6.07, 6.45) is 2.65. The molecule has 1 saturated heterocycles. The van der Waals surface area contributed by atoms with Crippen molar-refractivity contribution in [3.8, 4) is 0 Å². The number of amides is 2. The Hall–Kier alpha value is -1.10. The van der Waals surface area contributed by atoms with E-state index in [2.05, 4.69) is 10.6 Å². The van der Waals surface area contributed by atoms with Gasteiger partial charge in [0, 0.05) is 20.5 Å². The van der Waals surface area contributed by atoms with Crippen LogP contribution in [0.1, 0.15) is 19.3 Å². The SMILES string of the molecule is CN(C)C(=O)CNC(=O)CC1CCNCC1. The van der Waals surface area contributed by atoms with Crippen LogP contribution < -0.4 is 10.6 Å². The minimum absolute atomic E-state index is 0.0119. The summed E-state index contributed by atoms with van der Waals surface area (Å²) in [7, 11) is 3.36. The second kappa shape index (κ2) is 6.48. The number of hydrogen-bond acceptors (Lipinski definition) is 3. The Labute approximate surface area is 96.6 Å². The van der Waals surface area contributed by atoms with Crippen LogP contribution in [0.4, 0.5) is 0 Å². The standard InChI is InChI=1S/C11H21N3O2/c1-14(2)11(16)8-13-10(15)7-9-3-5-12-6-4-9/h9,12H,3-8H2,1-2H3,(H,13,15). The molecule has 0 radical (unpaired) electrons. The quantitative estimate of drug-likeness (QED) is 0.686. The lowest BCUT2D eigenvalue weighted by atomic mass is 9.94. The monoisotopic (exact) mass is 227 g/mol. The Morgan fingerprint density at radius 2 is 1.94 bits per heavy atom. The van der Waals surface area contributed by atoms with Gasteiger partial charge in [0.1, 0.15) is 0 Å². The van der Waals surface area contributed by atoms with Crippen LogP contribution in [-0.2, 0) is 9.59 Å². The predicted molar refractivity (Wildman–Crippen MR) is 61.9 cm³/mol. The number of nitrogens with zero attached hydrogens (tertiary/aromatic N) is 1. The van der Waals surface area contributed by atoms with E-state index >= 15 is 0 Å². The molecule has 0 unspecified atom stereocenters. The predicted octanol–water partition coefficient (Wildman–Crippen LogP) is -0.419. The highest BCUT2D eigenvalue weighted by Gasteiger charge is 2.17. The smallest absolute Gasteiger partial charge is 0.241 e. The first-order chi connectivity index (χ1) is 7.59. The van der Waals surface area contributed by atoms with E-state index in [9.17, 15) is 9.59 Å². The summed E-state index contributed by atoms with van der Waals surface area (Å²) in [6.45, 7) is 2.10. The van der Waals surface area contributed by atoms with Gasteiger partial charge in [0.15, 0.2) is 0 Å². The lowest BCUT2D eigenvalue weighted by molar-refractivity contribution is -0.131. The minimum Gasteiger partial charge on any atom is -0.347 e. The number of carbonyl (C=O) groups excluding carboxylic acids is 2. The Balaban J connectivity index is 2.17. The van der Waals surface area contributed by atoms with Gasteiger partial charge < -0.3 is 15.5 Å². The summed E-state index contributed by atoms with van der Waals surface area (Å²) in [5.41, 5.74) is 0. The third kappa shape index (κ3) is 4.61. The molecule has 2 amide bonds. The first-order valence-corrected chi connectivity index (χ1v) is 5.77. The molecule has 0 aliphatic carbocycles. The normalized spacial score (nSPS) is 16.9. The third-order valence-electron chi connectivity index (χ3n) is 2.87. The summed E-state index contributed by atoms with van der Waals surface area (Å²) in [5.74, 6) is 0.386. The molecule has 1 rings (SSSR count). The number of carbonyl (C=O) groups is 2. The molecule has 5 heteroatoms. The van der Waals surface area contributed by atoms with Gasteiger partial charge in [0.2, 0.25) is 11.8 Å². The summed E-state index contributed by atoms with van der Waals surface area (Å²) in [4.78, 5) is 24.3. The molecule has 5 nitrogen and oxygen atoms in total. The molecule has 0 bridgehead atoms. The molecular formula is C11H21N3O2. The van der Waals surface area contributed by atoms with E-state index < -0.39 is 0 Å². The van der Waals surface area contributed by atoms with E-state index in [0.29, 0.717) is 12.3 Å². The zero-order valence-corrected chi connectivity index (χ0v) is 10.1. The Morgan fingerprint density at radius 1 is 1.31 bits per heavy atom. The topological polar surface area (TPSA) is 61.4 Å².